The van der Waals surface area contributed by atoms with E-state index >= 15 is 0 Å². The summed E-state index contributed by atoms with van der Waals surface area (Å²) in [6, 6.07) is 0. The second-order valence-corrected chi connectivity index (χ2v) is 5.65. The van der Waals surface area contributed by atoms with E-state index in [4.69, 9.17) is 11.5 Å². The van der Waals surface area contributed by atoms with Gasteiger partial charge in [-0.2, -0.15) is 0 Å². The lowest BCUT2D eigenvalue weighted by molar-refractivity contribution is 0.349. The lowest BCUT2D eigenvalue weighted by atomic mass is 10.3. The summed E-state index contributed by atoms with van der Waals surface area (Å²) in [5, 5.41) is 3.11. The Balaban J connectivity index is 0.000000310. The smallest absolute Gasteiger partial charge is 0.0945 e. The largest absolute Gasteiger partial charge is 0.338 e. The van der Waals surface area contributed by atoms with E-state index in [-0.39, 0.29) is 0 Å². The van der Waals surface area contributed by atoms with Gasteiger partial charge in [0.05, 0.1) is 12.9 Å². The number of nitrogens with one attached hydrogen (secondary N) is 1. The fourth-order valence-corrected chi connectivity index (χ4v) is 2.04. The van der Waals surface area contributed by atoms with Gasteiger partial charge < -0.3 is 26.3 Å². The van der Waals surface area contributed by atoms with Crippen LogP contribution in [0.4, 0.5) is 0 Å². The first kappa shape index (κ1) is 22.6. The molecule has 24 heavy (non-hydrogen) atoms. The first-order valence-electron chi connectivity index (χ1n) is 9.00. The molecule has 3 rings (SSSR count). The number of likely N-dealkylation sites (tertiary alicyclic amines) is 1. The van der Waals surface area contributed by atoms with Crippen molar-refractivity contribution in [2.75, 3.05) is 45.8 Å². The highest BCUT2D eigenvalue weighted by Crippen LogP contribution is 2.04. The highest BCUT2D eigenvalue weighted by molar-refractivity contribution is 4.83. The predicted molar refractivity (Wildman–Crippen MR) is 103 cm³/mol. The van der Waals surface area contributed by atoms with Gasteiger partial charge in [-0.3, -0.25) is 0 Å². The van der Waals surface area contributed by atoms with Crippen LogP contribution in [0.1, 0.15) is 32.6 Å². The normalized spacial score (nSPS) is 15.4. The molecule has 0 aliphatic carbocycles. The zero-order chi connectivity index (χ0) is 17.9. The van der Waals surface area contributed by atoms with E-state index in [0.717, 1.165) is 19.6 Å². The molecule has 0 radical (unpaired) electrons. The summed E-state index contributed by atoms with van der Waals surface area (Å²) in [6.07, 6.45) is 15.6. The van der Waals surface area contributed by atoms with Crippen molar-refractivity contribution in [3.05, 3.63) is 18.7 Å². The van der Waals surface area contributed by atoms with Crippen LogP contribution in [0.25, 0.3) is 0 Å². The fraction of sp³-hybridized carbons (Fsp3) is 0.722. The maximum atomic E-state index is 5.37. The van der Waals surface area contributed by atoms with Crippen molar-refractivity contribution < 1.29 is 0 Å². The van der Waals surface area contributed by atoms with Crippen molar-refractivity contribution in [1.82, 2.24) is 19.8 Å². The van der Waals surface area contributed by atoms with E-state index < -0.39 is 0 Å². The summed E-state index contributed by atoms with van der Waals surface area (Å²) in [6.45, 7) is 10.6. The number of nitrogens with zero attached hydrogens (tertiary/aromatic N) is 3. The van der Waals surface area contributed by atoms with Crippen LogP contribution in [-0.4, -0.2) is 60.3 Å². The number of hydrogen-bond donors (Lipinski definition) is 3. The van der Waals surface area contributed by atoms with Crippen molar-refractivity contribution in [2.45, 2.75) is 39.2 Å². The van der Waals surface area contributed by atoms with Crippen LogP contribution < -0.4 is 16.8 Å². The van der Waals surface area contributed by atoms with E-state index in [0.29, 0.717) is 6.54 Å². The number of terminal acetylenes is 1. The summed E-state index contributed by atoms with van der Waals surface area (Å²) in [7, 11) is 0. The summed E-state index contributed by atoms with van der Waals surface area (Å²) in [4.78, 5) is 6.32. The molecule has 0 aromatic carbocycles. The van der Waals surface area contributed by atoms with Gasteiger partial charge in [-0.15, -0.1) is 6.42 Å². The monoisotopic (exact) mass is 336 g/mol. The average molecular weight is 337 g/mol. The minimum atomic E-state index is 0.347. The van der Waals surface area contributed by atoms with Gasteiger partial charge in [0.25, 0.3) is 0 Å². The number of nitrogens with two attached hydrogens (primary N) is 2. The molecule has 0 atom stereocenters. The predicted octanol–water partition coefficient (Wildman–Crippen LogP) is 0.892. The standard InChI is InChI=1S/C6H10N2.C6H14N2.C3H7N.C3H5N/c1-2-4-8-5-3-7-6-8;7-3-6-8-4-1-2-5-8;1-2-4-3-1;1-2-3-4/h3,5-6H,2,4H2,1H3;1-7H2;4H,1-3H2;1H,3-4H2. The maximum Gasteiger partial charge on any atom is 0.0945 e. The summed E-state index contributed by atoms with van der Waals surface area (Å²) in [5.74, 6) is 2.21. The van der Waals surface area contributed by atoms with Gasteiger partial charge >= 0.3 is 0 Å². The average Bonchev–Trinajstić information content (AvgIpc) is 3.21. The molecule has 0 saturated carbocycles. The molecule has 0 amide bonds. The highest BCUT2D eigenvalue weighted by Gasteiger charge is 2.08. The molecule has 2 saturated heterocycles. The Morgan fingerprint density at radius 1 is 1.17 bits per heavy atom. The Kier molecular flexibility index (Phi) is 16.9. The van der Waals surface area contributed by atoms with E-state index in [1.165, 1.54) is 51.9 Å². The molecule has 6 heteroatoms. The van der Waals surface area contributed by atoms with Gasteiger partial charge in [0.15, 0.2) is 0 Å². The third kappa shape index (κ3) is 14.2. The van der Waals surface area contributed by atoms with Crippen LogP contribution in [0.2, 0.25) is 0 Å². The van der Waals surface area contributed by atoms with Crippen molar-refractivity contribution in [1.29, 1.82) is 0 Å². The first-order valence-corrected chi connectivity index (χ1v) is 9.00. The maximum absolute atomic E-state index is 5.37. The zero-order valence-corrected chi connectivity index (χ0v) is 15.3. The van der Waals surface area contributed by atoms with Gasteiger partial charge in [-0.05, 0) is 51.9 Å². The quantitative estimate of drug-likeness (QED) is 0.711. The number of aryl methyl sites for hydroxylation is 1. The molecule has 3 heterocycles. The fourth-order valence-electron chi connectivity index (χ4n) is 2.04. The Morgan fingerprint density at radius 2 is 1.75 bits per heavy atom. The van der Waals surface area contributed by atoms with Crippen LogP contribution >= 0.6 is 0 Å². The van der Waals surface area contributed by atoms with Crippen LogP contribution in [0.15, 0.2) is 18.7 Å². The molecule has 2 fully saturated rings. The minimum absolute atomic E-state index is 0.347. The van der Waals surface area contributed by atoms with Gasteiger partial charge in [-0.25, -0.2) is 4.98 Å². The van der Waals surface area contributed by atoms with Crippen molar-refractivity contribution in [2.24, 2.45) is 11.5 Å². The van der Waals surface area contributed by atoms with Crippen LogP contribution in [0.5, 0.6) is 0 Å². The highest BCUT2D eigenvalue weighted by atomic mass is 15.1. The number of rotatable bonds is 4. The lowest BCUT2D eigenvalue weighted by Crippen LogP contribution is -2.29. The Hall–Kier alpha value is -1.39. The lowest BCUT2D eigenvalue weighted by Gasteiger charge is -2.11. The van der Waals surface area contributed by atoms with E-state index in [1.807, 2.05) is 12.5 Å². The number of imidazole rings is 1. The molecule has 0 spiro atoms. The van der Waals surface area contributed by atoms with Gasteiger partial charge in [0.1, 0.15) is 0 Å². The Bertz CT molecular complexity index is 371. The van der Waals surface area contributed by atoms with Crippen molar-refractivity contribution >= 4 is 0 Å². The van der Waals surface area contributed by atoms with E-state index in [9.17, 15) is 0 Å². The van der Waals surface area contributed by atoms with Crippen LogP contribution in [0.3, 0.4) is 0 Å². The van der Waals surface area contributed by atoms with E-state index in [1.54, 1.807) is 6.20 Å². The molecule has 138 valence electrons. The van der Waals surface area contributed by atoms with Crippen LogP contribution in [0, 0.1) is 12.3 Å². The minimum Gasteiger partial charge on any atom is -0.338 e. The molecule has 5 N–H and O–H groups in total. The van der Waals surface area contributed by atoms with Gasteiger partial charge in [-0.1, -0.05) is 12.8 Å². The summed E-state index contributed by atoms with van der Waals surface area (Å²) in [5.41, 5.74) is 10.2. The molecule has 1 aromatic rings. The molecule has 0 bridgehead atoms. The topological polar surface area (TPSA) is 85.1 Å². The third-order valence-corrected chi connectivity index (χ3v) is 3.51. The number of aromatic nitrogens is 2. The Labute approximate surface area is 148 Å². The molecular weight excluding hydrogens is 300 g/mol. The second-order valence-electron chi connectivity index (χ2n) is 5.65. The molecule has 0 unspecified atom stereocenters. The first-order chi connectivity index (χ1) is 11.8. The summed E-state index contributed by atoms with van der Waals surface area (Å²) < 4.78 is 2.07. The molecule has 2 aliphatic rings. The summed E-state index contributed by atoms with van der Waals surface area (Å²) >= 11 is 0. The Morgan fingerprint density at radius 3 is 2.08 bits per heavy atom. The van der Waals surface area contributed by atoms with E-state index in [2.05, 4.69) is 39.0 Å². The van der Waals surface area contributed by atoms with Gasteiger partial charge in [0, 0.05) is 32.0 Å². The molecule has 1 aromatic heterocycles. The van der Waals surface area contributed by atoms with Crippen LogP contribution in [-0.2, 0) is 6.54 Å². The zero-order valence-electron chi connectivity index (χ0n) is 15.3. The SMILES string of the molecule is C#CCN.C1CNC1.CCCn1ccnc1.NCCN1CCCC1. The second kappa shape index (κ2) is 18.0. The molecule has 6 nitrogen and oxygen atoms in total. The number of hydrogen-bond acceptors (Lipinski definition) is 5. The van der Waals surface area contributed by atoms with Crippen molar-refractivity contribution in [3.8, 4) is 12.3 Å². The molecular formula is C18H36N6. The third-order valence-electron chi connectivity index (χ3n) is 3.51. The molecule has 2 aliphatic heterocycles. The van der Waals surface area contributed by atoms with Gasteiger partial charge in [0.2, 0.25) is 0 Å². The van der Waals surface area contributed by atoms with Crippen molar-refractivity contribution in [3.63, 3.8) is 0 Å².